The van der Waals surface area contributed by atoms with Crippen molar-refractivity contribution in [2.75, 3.05) is 0 Å². The van der Waals surface area contributed by atoms with Crippen LogP contribution in [0.4, 0.5) is 0 Å². The molecule has 0 saturated heterocycles. The summed E-state index contributed by atoms with van der Waals surface area (Å²) in [5.41, 5.74) is 0.533. The molecule has 2 N–H and O–H groups in total. The van der Waals surface area contributed by atoms with Crippen molar-refractivity contribution < 1.29 is 9.90 Å². The second kappa shape index (κ2) is 3.75. The minimum absolute atomic E-state index is 0.272. The Kier molecular flexibility index (Phi) is 2.45. The maximum atomic E-state index is 11.4. The lowest BCUT2D eigenvalue weighted by atomic mass is 10.1. The van der Waals surface area contributed by atoms with E-state index in [1.165, 1.54) is 6.20 Å². The van der Waals surface area contributed by atoms with Gasteiger partial charge in [-0.25, -0.2) is 0 Å². The van der Waals surface area contributed by atoms with Crippen molar-refractivity contribution in [3.8, 4) is 0 Å². The van der Waals surface area contributed by atoms with E-state index in [9.17, 15) is 9.90 Å². The predicted molar refractivity (Wildman–Crippen MR) is 50.4 cm³/mol. The van der Waals surface area contributed by atoms with Crippen molar-refractivity contribution in [2.45, 2.75) is 25.0 Å². The van der Waals surface area contributed by atoms with E-state index >= 15 is 0 Å². The molecule has 1 atom stereocenters. The van der Waals surface area contributed by atoms with Crippen molar-refractivity contribution in [3.05, 3.63) is 30.1 Å². The molecule has 1 aliphatic rings. The van der Waals surface area contributed by atoms with Crippen molar-refractivity contribution in [3.63, 3.8) is 0 Å². The van der Waals surface area contributed by atoms with E-state index in [0.29, 0.717) is 5.56 Å². The zero-order chi connectivity index (χ0) is 9.97. The van der Waals surface area contributed by atoms with Crippen LogP contribution >= 0.6 is 0 Å². The summed E-state index contributed by atoms with van der Waals surface area (Å²) in [6, 6.07) is 3.65. The van der Waals surface area contributed by atoms with Crippen molar-refractivity contribution in [1.82, 2.24) is 10.3 Å². The Labute approximate surface area is 82.0 Å². The molecular weight excluding hydrogens is 180 g/mol. The molecule has 0 spiro atoms. The average molecular weight is 192 g/mol. The Morgan fingerprint density at radius 1 is 1.64 bits per heavy atom. The highest BCUT2D eigenvalue weighted by Crippen LogP contribution is 2.20. The van der Waals surface area contributed by atoms with E-state index in [0.717, 1.165) is 12.8 Å². The maximum Gasteiger partial charge on any atom is 0.253 e. The fraction of sp³-hybridized carbons (Fsp3) is 0.400. The van der Waals surface area contributed by atoms with Crippen LogP contribution in [0.2, 0.25) is 0 Å². The first-order valence-electron chi connectivity index (χ1n) is 4.66. The number of rotatable bonds is 3. The molecule has 1 aromatic rings. The SMILES string of the molecule is O=C(NC1CC1)C(O)c1cccnc1. The summed E-state index contributed by atoms with van der Waals surface area (Å²) in [5.74, 6) is -0.333. The summed E-state index contributed by atoms with van der Waals surface area (Å²) in [7, 11) is 0. The van der Waals surface area contributed by atoms with Gasteiger partial charge in [-0.05, 0) is 18.9 Å². The highest BCUT2D eigenvalue weighted by atomic mass is 16.3. The third kappa shape index (κ3) is 2.09. The zero-order valence-corrected chi connectivity index (χ0v) is 7.68. The second-order valence-corrected chi connectivity index (χ2v) is 3.47. The van der Waals surface area contributed by atoms with E-state index in [1.54, 1.807) is 18.3 Å². The fourth-order valence-electron chi connectivity index (χ4n) is 1.20. The van der Waals surface area contributed by atoms with Crippen LogP contribution in [0, 0.1) is 0 Å². The molecule has 1 amide bonds. The molecule has 1 saturated carbocycles. The number of hydrogen-bond donors (Lipinski definition) is 2. The summed E-state index contributed by atoms with van der Waals surface area (Å²) in [6.45, 7) is 0. The normalized spacial score (nSPS) is 17.5. The molecule has 0 aliphatic heterocycles. The van der Waals surface area contributed by atoms with Gasteiger partial charge in [0.2, 0.25) is 0 Å². The van der Waals surface area contributed by atoms with Crippen LogP contribution in [0.25, 0.3) is 0 Å². The molecule has 4 nitrogen and oxygen atoms in total. The van der Waals surface area contributed by atoms with Gasteiger partial charge < -0.3 is 10.4 Å². The van der Waals surface area contributed by atoms with Crippen LogP contribution in [0.3, 0.4) is 0 Å². The maximum absolute atomic E-state index is 11.4. The lowest BCUT2D eigenvalue weighted by Gasteiger charge is -2.10. The summed E-state index contributed by atoms with van der Waals surface area (Å²) < 4.78 is 0. The van der Waals surface area contributed by atoms with Crippen LogP contribution in [0.5, 0.6) is 0 Å². The van der Waals surface area contributed by atoms with Crippen LogP contribution in [-0.2, 0) is 4.79 Å². The molecule has 1 aliphatic carbocycles. The molecule has 4 heteroatoms. The topological polar surface area (TPSA) is 62.2 Å². The highest BCUT2D eigenvalue weighted by molar-refractivity contribution is 5.82. The van der Waals surface area contributed by atoms with Gasteiger partial charge in [0.25, 0.3) is 5.91 Å². The molecule has 0 aromatic carbocycles. The van der Waals surface area contributed by atoms with E-state index in [1.807, 2.05) is 0 Å². The first kappa shape index (κ1) is 9.15. The minimum atomic E-state index is -1.09. The lowest BCUT2D eigenvalue weighted by molar-refractivity contribution is -0.129. The highest BCUT2D eigenvalue weighted by Gasteiger charge is 2.27. The first-order valence-corrected chi connectivity index (χ1v) is 4.66. The monoisotopic (exact) mass is 192 g/mol. The number of aromatic nitrogens is 1. The van der Waals surface area contributed by atoms with Crippen LogP contribution < -0.4 is 5.32 Å². The third-order valence-corrected chi connectivity index (χ3v) is 2.17. The van der Waals surface area contributed by atoms with Gasteiger partial charge in [-0.1, -0.05) is 6.07 Å². The standard InChI is InChI=1S/C10H12N2O2/c13-9(7-2-1-5-11-6-7)10(14)12-8-3-4-8/h1-2,5-6,8-9,13H,3-4H2,(H,12,14). The number of amides is 1. The number of nitrogens with zero attached hydrogens (tertiary/aromatic N) is 1. The number of carbonyl (C=O) groups is 1. The lowest BCUT2D eigenvalue weighted by Crippen LogP contribution is -2.30. The molecule has 74 valence electrons. The summed E-state index contributed by atoms with van der Waals surface area (Å²) in [5, 5.41) is 12.3. The van der Waals surface area contributed by atoms with Gasteiger partial charge in [0.1, 0.15) is 0 Å². The molecule has 1 unspecified atom stereocenters. The molecular formula is C10H12N2O2. The average Bonchev–Trinajstić information content (AvgIpc) is 3.02. The molecule has 1 aromatic heterocycles. The van der Waals surface area contributed by atoms with Crippen LogP contribution in [0.1, 0.15) is 24.5 Å². The second-order valence-electron chi connectivity index (χ2n) is 3.47. The van der Waals surface area contributed by atoms with E-state index in [2.05, 4.69) is 10.3 Å². The van der Waals surface area contributed by atoms with Gasteiger partial charge in [0.15, 0.2) is 6.10 Å². The van der Waals surface area contributed by atoms with E-state index in [4.69, 9.17) is 0 Å². The van der Waals surface area contributed by atoms with Gasteiger partial charge in [-0.2, -0.15) is 0 Å². The van der Waals surface area contributed by atoms with E-state index < -0.39 is 6.10 Å². The molecule has 2 rings (SSSR count). The third-order valence-electron chi connectivity index (χ3n) is 2.17. The molecule has 1 heterocycles. The molecule has 0 bridgehead atoms. The Bertz CT molecular complexity index is 322. The Morgan fingerprint density at radius 3 is 3.00 bits per heavy atom. The Morgan fingerprint density at radius 2 is 2.43 bits per heavy atom. The largest absolute Gasteiger partial charge is 0.378 e. The van der Waals surface area contributed by atoms with Crippen molar-refractivity contribution in [1.29, 1.82) is 0 Å². The quantitative estimate of drug-likeness (QED) is 0.728. The smallest absolute Gasteiger partial charge is 0.253 e. The zero-order valence-electron chi connectivity index (χ0n) is 7.68. The Hall–Kier alpha value is -1.42. The van der Waals surface area contributed by atoms with E-state index in [-0.39, 0.29) is 11.9 Å². The summed E-state index contributed by atoms with van der Waals surface area (Å²) in [4.78, 5) is 15.2. The van der Waals surface area contributed by atoms with Crippen molar-refractivity contribution >= 4 is 5.91 Å². The minimum Gasteiger partial charge on any atom is -0.378 e. The summed E-state index contributed by atoms with van der Waals surface area (Å²) in [6.07, 6.45) is 4.05. The van der Waals surface area contributed by atoms with Gasteiger partial charge in [0, 0.05) is 24.0 Å². The number of pyridine rings is 1. The first-order chi connectivity index (χ1) is 6.77. The Balaban J connectivity index is 1.99. The molecule has 14 heavy (non-hydrogen) atoms. The number of aliphatic hydroxyl groups is 1. The summed E-state index contributed by atoms with van der Waals surface area (Å²) >= 11 is 0. The number of aliphatic hydroxyl groups excluding tert-OH is 1. The number of carbonyl (C=O) groups excluding carboxylic acids is 1. The van der Waals surface area contributed by atoms with Crippen LogP contribution in [0.15, 0.2) is 24.5 Å². The van der Waals surface area contributed by atoms with Gasteiger partial charge in [-0.3, -0.25) is 9.78 Å². The molecule has 1 fully saturated rings. The van der Waals surface area contributed by atoms with Gasteiger partial charge in [-0.15, -0.1) is 0 Å². The van der Waals surface area contributed by atoms with Gasteiger partial charge in [0.05, 0.1) is 0 Å². The predicted octanol–water partition coefficient (Wildman–Crippen LogP) is 0.394. The van der Waals surface area contributed by atoms with Crippen LogP contribution in [-0.4, -0.2) is 22.0 Å². The fourth-order valence-corrected chi connectivity index (χ4v) is 1.20. The number of nitrogens with one attached hydrogen (secondary N) is 1. The van der Waals surface area contributed by atoms with Gasteiger partial charge >= 0.3 is 0 Å². The number of hydrogen-bond acceptors (Lipinski definition) is 3. The molecule has 0 radical (unpaired) electrons. The van der Waals surface area contributed by atoms with Crippen molar-refractivity contribution in [2.24, 2.45) is 0 Å².